The summed E-state index contributed by atoms with van der Waals surface area (Å²) in [4.78, 5) is 15.3. The Morgan fingerprint density at radius 2 is 2.17 bits per heavy atom. The van der Waals surface area contributed by atoms with Crippen molar-refractivity contribution in [3.8, 4) is 0 Å². The molecule has 2 aliphatic rings. The summed E-state index contributed by atoms with van der Waals surface area (Å²) in [6, 6.07) is 0.557. The van der Waals surface area contributed by atoms with Gasteiger partial charge in [-0.3, -0.25) is 4.79 Å². The van der Waals surface area contributed by atoms with E-state index in [1.54, 1.807) is 11.8 Å². The Labute approximate surface area is 114 Å². The van der Waals surface area contributed by atoms with Crippen LogP contribution in [0.3, 0.4) is 0 Å². The number of fused-ring (bicyclic) bond motifs is 2. The van der Waals surface area contributed by atoms with Gasteiger partial charge in [0.2, 0.25) is 5.91 Å². The average molecular weight is 268 g/mol. The predicted octanol–water partition coefficient (Wildman–Crippen LogP) is 3.06. The molecule has 0 saturated heterocycles. The number of hydrogen-bond donors (Lipinski definition) is 1. The molecule has 0 aromatic rings. The number of amides is 1. The van der Waals surface area contributed by atoms with E-state index in [1.165, 1.54) is 32.6 Å². The highest BCUT2D eigenvalue weighted by atomic mass is 32.2. The summed E-state index contributed by atoms with van der Waals surface area (Å²) in [6.45, 7) is 5.91. The molecule has 2 bridgehead atoms. The molecular formula is C14H24N2OS. The van der Waals surface area contributed by atoms with Gasteiger partial charge in [0.15, 0.2) is 5.17 Å². The van der Waals surface area contributed by atoms with Crippen LogP contribution in [0.2, 0.25) is 0 Å². The van der Waals surface area contributed by atoms with E-state index >= 15 is 0 Å². The number of nitrogens with one attached hydrogen (secondary N) is 1. The van der Waals surface area contributed by atoms with Gasteiger partial charge in [-0.25, -0.2) is 0 Å². The van der Waals surface area contributed by atoms with Crippen LogP contribution in [-0.2, 0) is 4.79 Å². The normalized spacial score (nSPS) is 31.1. The van der Waals surface area contributed by atoms with Crippen molar-refractivity contribution in [2.45, 2.75) is 52.5 Å². The minimum atomic E-state index is -0.100. The Balaban J connectivity index is 1.90. The van der Waals surface area contributed by atoms with E-state index in [-0.39, 0.29) is 5.91 Å². The lowest BCUT2D eigenvalue weighted by atomic mass is 9.96. The van der Waals surface area contributed by atoms with Crippen molar-refractivity contribution in [1.29, 1.82) is 0 Å². The van der Waals surface area contributed by atoms with Gasteiger partial charge in [-0.1, -0.05) is 32.0 Å². The molecule has 1 amide bonds. The fourth-order valence-electron chi connectivity index (χ4n) is 3.07. The molecular weight excluding hydrogens is 244 g/mol. The van der Waals surface area contributed by atoms with Crippen LogP contribution < -0.4 is 5.32 Å². The highest BCUT2D eigenvalue weighted by Crippen LogP contribution is 2.44. The maximum Gasteiger partial charge on any atom is 0.244 e. The molecule has 4 heteroatoms. The molecule has 1 N–H and O–H groups in total. The van der Waals surface area contributed by atoms with E-state index < -0.39 is 0 Å². The fraction of sp³-hybridized carbons (Fsp3) is 0.857. The molecule has 2 aliphatic carbocycles. The molecule has 0 aromatic heterocycles. The Kier molecular flexibility index (Phi) is 4.71. The third kappa shape index (κ3) is 3.74. The summed E-state index contributed by atoms with van der Waals surface area (Å²) in [6.07, 6.45) is 5.40. The summed E-state index contributed by atoms with van der Waals surface area (Å²) in [5, 5.41) is 4.37. The summed E-state index contributed by atoms with van der Waals surface area (Å²) in [5.41, 5.74) is 0. The molecule has 18 heavy (non-hydrogen) atoms. The minimum Gasteiger partial charge on any atom is -0.362 e. The number of nitrogens with zero attached hydrogens (tertiary/aromatic N) is 1. The molecule has 2 fully saturated rings. The molecule has 2 saturated carbocycles. The predicted molar refractivity (Wildman–Crippen MR) is 77.8 cm³/mol. The number of thioether (sulfide) groups is 1. The van der Waals surface area contributed by atoms with Gasteiger partial charge in [-0.05, 0) is 37.0 Å². The third-order valence-electron chi connectivity index (χ3n) is 3.86. The standard InChI is InChI=1S/C14H24N2OS/c1-9(2)8-18-14(15-10(3)17)16-13-7-11-4-5-12(13)6-11/h9,11-13H,4-8H2,1-3H3,(H,15,16,17)/t11-,12+,13+/m1/s1. The van der Waals surface area contributed by atoms with Gasteiger partial charge in [0.25, 0.3) is 0 Å². The summed E-state index contributed by atoms with van der Waals surface area (Å²) in [7, 11) is 0. The van der Waals surface area contributed by atoms with E-state index in [0.717, 1.165) is 22.8 Å². The van der Waals surface area contributed by atoms with Gasteiger partial charge < -0.3 is 5.32 Å². The van der Waals surface area contributed by atoms with Gasteiger partial charge in [-0.2, -0.15) is 4.99 Å². The van der Waals surface area contributed by atoms with Crippen LogP contribution in [0.25, 0.3) is 0 Å². The van der Waals surface area contributed by atoms with Gasteiger partial charge in [0.05, 0.1) is 0 Å². The molecule has 0 heterocycles. The zero-order valence-electron chi connectivity index (χ0n) is 11.6. The van der Waals surface area contributed by atoms with Crippen LogP contribution in [0, 0.1) is 17.8 Å². The van der Waals surface area contributed by atoms with E-state index in [0.29, 0.717) is 12.0 Å². The number of carbonyl (C=O) groups excluding carboxylic acids is 1. The van der Waals surface area contributed by atoms with E-state index in [4.69, 9.17) is 0 Å². The highest BCUT2D eigenvalue weighted by molar-refractivity contribution is 8.13. The van der Waals surface area contributed by atoms with Crippen LogP contribution in [0.4, 0.5) is 0 Å². The molecule has 2 rings (SSSR count). The second-order valence-corrected chi connectivity index (χ2v) is 7.08. The lowest BCUT2D eigenvalue weighted by molar-refractivity contribution is -0.115. The van der Waals surface area contributed by atoms with E-state index in [9.17, 15) is 4.79 Å². The molecule has 0 spiro atoms. The topological polar surface area (TPSA) is 41.5 Å². The van der Waals surface area contributed by atoms with Crippen molar-refractivity contribution in [3.05, 3.63) is 0 Å². The summed E-state index contributed by atoms with van der Waals surface area (Å²) >= 11 is 1.69. The number of hydrogen-bond acceptors (Lipinski definition) is 2. The Morgan fingerprint density at radius 3 is 2.67 bits per heavy atom. The smallest absolute Gasteiger partial charge is 0.244 e. The number of amidine groups is 1. The van der Waals surface area contributed by atoms with E-state index in [1.807, 2.05) is 0 Å². The first-order valence-electron chi connectivity index (χ1n) is 7.03. The van der Waals surface area contributed by atoms with Gasteiger partial charge in [-0.15, -0.1) is 0 Å². The number of rotatable bonds is 3. The molecule has 0 unspecified atom stereocenters. The second kappa shape index (κ2) is 6.09. The SMILES string of the molecule is CC(=O)/N=C(/N[C@H]1C[C@@H]2CC[C@H]1C2)SCC(C)C. The monoisotopic (exact) mass is 268 g/mol. The average Bonchev–Trinajstić information content (AvgIpc) is 2.86. The van der Waals surface area contributed by atoms with Gasteiger partial charge >= 0.3 is 0 Å². The van der Waals surface area contributed by atoms with Crippen LogP contribution in [-0.4, -0.2) is 22.9 Å². The van der Waals surface area contributed by atoms with Crippen LogP contribution in [0.15, 0.2) is 4.99 Å². The third-order valence-corrected chi connectivity index (χ3v) is 5.18. The zero-order chi connectivity index (χ0) is 13.1. The first-order valence-corrected chi connectivity index (χ1v) is 8.01. The zero-order valence-corrected chi connectivity index (χ0v) is 12.4. The van der Waals surface area contributed by atoms with Crippen LogP contribution >= 0.6 is 11.8 Å². The molecule has 3 nitrogen and oxygen atoms in total. The van der Waals surface area contributed by atoms with Crippen molar-refractivity contribution in [2.24, 2.45) is 22.7 Å². The number of carbonyl (C=O) groups is 1. The van der Waals surface area contributed by atoms with Crippen molar-refractivity contribution in [1.82, 2.24) is 5.32 Å². The largest absolute Gasteiger partial charge is 0.362 e. The Morgan fingerprint density at radius 1 is 1.39 bits per heavy atom. The van der Waals surface area contributed by atoms with Gasteiger partial charge in [0.1, 0.15) is 0 Å². The van der Waals surface area contributed by atoms with E-state index in [2.05, 4.69) is 24.2 Å². The lowest BCUT2D eigenvalue weighted by Crippen LogP contribution is -2.37. The first-order chi connectivity index (χ1) is 8.54. The molecule has 102 valence electrons. The molecule has 3 atom stereocenters. The summed E-state index contributed by atoms with van der Waals surface area (Å²) in [5.74, 6) is 3.26. The fourth-order valence-corrected chi connectivity index (χ4v) is 3.99. The maximum absolute atomic E-state index is 11.2. The van der Waals surface area contributed by atoms with Crippen LogP contribution in [0.1, 0.15) is 46.5 Å². The first kappa shape index (κ1) is 13.9. The minimum absolute atomic E-state index is 0.100. The molecule has 0 aromatic carbocycles. The lowest BCUT2D eigenvalue weighted by Gasteiger charge is -2.24. The second-order valence-electron chi connectivity index (χ2n) is 6.07. The summed E-state index contributed by atoms with van der Waals surface area (Å²) < 4.78 is 0. The Bertz CT molecular complexity index is 341. The van der Waals surface area contributed by atoms with Crippen molar-refractivity contribution in [3.63, 3.8) is 0 Å². The highest BCUT2D eigenvalue weighted by Gasteiger charge is 2.39. The van der Waals surface area contributed by atoms with Crippen LogP contribution in [0.5, 0.6) is 0 Å². The van der Waals surface area contributed by atoms with Crippen molar-refractivity contribution in [2.75, 3.05) is 5.75 Å². The molecule has 0 radical (unpaired) electrons. The van der Waals surface area contributed by atoms with Gasteiger partial charge in [0, 0.05) is 18.7 Å². The quantitative estimate of drug-likeness (QED) is 0.632. The Hall–Kier alpha value is -0.510. The van der Waals surface area contributed by atoms with Crippen molar-refractivity contribution >= 4 is 22.8 Å². The van der Waals surface area contributed by atoms with Crippen molar-refractivity contribution < 1.29 is 4.79 Å². The number of aliphatic imine (C=N–C) groups is 1. The molecule has 0 aliphatic heterocycles. The maximum atomic E-state index is 11.2.